The molecule has 0 aliphatic heterocycles. The van der Waals surface area contributed by atoms with Crippen LogP contribution >= 0.6 is 0 Å². The number of hydrogen-bond acceptors (Lipinski definition) is 1. The molecule has 0 fully saturated rings. The maximum atomic E-state index is 12.6. The smallest absolute Gasteiger partial charge is 0.320 e. The predicted octanol–water partition coefficient (Wildman–Crippen LogP) is 3.53. The second-order valence-corrected chi connectivity index (χ2v) is 3.84. The van der Waals surface area contributed by atoms with Crippen LogP contribution < -0.4 is 5.73 Å². The van der Waals surface area contributed by atoms with Crippen LogP contribution in [0.3, 0.4) is 0 Å². The molecule has 1 aromatic carbocycles. The quantitative estimate of drug-likeness (QED) is 0.836. The summed E-state index contributed by atoms with van der Waals surface area (Å²) in [7, 11) is 0. The normalized spacial score (nSPS) is 14.6. The Bertz CT molecular complexity index is 395. The summed E-state index contributed by atoms with van der Waals surface area (Å²) in [5, 5.41) is 0. The predicted molar refractivity (Wildman–Crippen MR) is 53.8 cm³/mol. The standard InChI is InChI=1S/C11H11F6N/c12-10(13,14)8-4-2-1-3-7(8)5-6-9(18)11(15,16)17/h1-4,9H,5-6,18H2. The van der Waals surface area contributed by atoms with Crippen molar-refractivity contribution >= 4 is 0 Å². The van der Waals surface area contributed by atoms with Gasteiger partial charge >= 0.3 is 12.4 Å². The first-order valence-electron chi connectivity index (χ1n) is 5.10. The highest BCUT2D eigenvalue weighted by Crippen LogP contribution is 2.33. The number of nitrogens with two attached hydrogens (primary N) is 1. The average Bonchev–Trinajstić information content (AvgIpc) is 2.23. The van der Waals surface area contributed by atoms with Crippen LogP contribution in [-0.4, -0.2) is 12.2 Å². The van der Waals surface area contributed by atoms with E-state index in [-0.39, 0.29) is 12.0 Å². The molecule has 0 bridgehead atoms. The summed E-state index contributed by atoms with van der Waals surface area (Å²) in [4.78, 5) is 0. The van der Waals surface area contributed by atoms with E-state index in [4.69, 9.17) is 5.73 Å². The van der Waals surface area contributed by atoms with Gasteiger partial charge in [-0.1, -0.05) is 18.2 Å². The third kappa shape index (κ3) is 3.90. The Kier molecular flexibility index (Phi) is 4.26. The van der Waals surface area contributed by atoms with Crippen LogP contribution in [0.1, 0.15) is 17.5 Å². The lowest BCUT2D eigenvalue weighted by atomic mass is 10.00. The van der Waals surface area contributed by atoms with Crippen molar-refractivity contribution in [2.45, 2.75) is 31.2 Å². The van der Waals surface area contributed by atoms with Crippen molar-refractivity contribution < 1.29 is 26.3 Å². The van der Waals surface area contributed by atoms with Crippen molar-refractivity contribution in [2.75, 3.05) is 0 Å². The van der Waals surface area contributed by atoms with E-state index in [0.717, 1.165) is 12.1 Å². The second-order valence-electron chi connectivity index (χ2n) is 3.84. The van der Waals surface area contributed by atoms with Gasteiger partial charge in [0.25, 0.3) is 0 Å². The molecule has 0 aromatic heterocycles. The molecule has 18 heavy (non-hydrogen) atoms. The van der Waals surface area contributed by atoms with Crippen LogP contribution in [0.4, 0.5) is 26.3 Å². The van der Waals surface area contributed by atoms with Crippen LogP contribution in [0.2, 0.25) is 0 Å². The van der Waals surface area contributed by atoms with Gasteiger partial charge in [0.05, 0.1) is 5.56 Å². The second kappa shape index (κ2) is 5.17. The molecule has 0 saturated carbocycles. The van der Waals surface area contributed by atoms with Gasteiger partial charge in [-0.2, -0.15) is 26.3 Å². The van der Waals surface area contributed by atoms with Gasteiger partial charge in [0, 0.05) is 0 Å². The van der Waals surface area contributed by atoms with Crippen molar-refractivity contribution in [2.24, 2.45) is 5.73 Å². The molecular weight excluding hydrogens is 260 g/mol. The maximum Gasteiger partial charge on any atom is 0.416 e. The zero-order chi connectivity index (χ0) is 14.0. The van der Waals surface area contributed by atoms with Crippen LogP contribution in [0.5, 0.6) is 0 Å². The third-order valence-electron chi connectivity index (χ3n) is 2.47. The lowest BCUT2D eigenvalue weighted by molar-refractivity contribution is -0.148. The van der Waals surface area contributed by atoms with Crippen molar-refractivity contribution in [1.29, 1.82) is 0 Å². The highest BCUT2D eigenvalue weighted by molar-refractivity contribution is 5.29. The van der Waals surface area contributed by atoms with E-state index in [1.165, 1.54) is 12.1 Å². The molecule has 1 atom stereocenters. The lowest BCUT2D eigenvalue weighted by Crippen LogP contribution is -2.37. The van der Waals surface area contributed by atoms with E-state index in [9.17, 15) is 26.3 Å². The number of alkyl halides is 6. The van der Waals surface area contributed by atoms with Crippen molar-refractivity contribution in [1.82, 2.24) is 0 Å². The molecule has 0 aliphatic carbocycles. The molecule has 0 spiro atoms. The Morgan fingerprint density at radius 1 is 1.00 bits per heavy atom. The molecule has 0 aliphatic rings. The molecule has 1 rings (SSSR count). The Labute approximate surface area is 99.6 Å². The largest absolute Gasteiger partial charge is 0.416 e. The van der Waals surface area contributed by atoms with Crippen molar-refractivity contribution in [3.05, 3.63) is 35.4 Å². The number of rotatable bonds is 3. The fraction of sp³-hybridized carbons (Fsp3) is 0.455. The molecule has 1 aromatic rings. The Morgan fingerprint density at radius 2 is 1.56 bits per heavy atom. The van der Waals surface area contributed by atoms with E-state index in [1.54, 1.807) is 0 Å². The molecule has 2 N–H and O–H groups in total. The molecule has 0 saturated heterocycles. The summed E-state index contributed by atoms with van der Waals surface area (Å²) in [6, 6.07) is 2.43. The first-order valence-corrected chi connectivity index (χ1v) is 5.10. The zero-order valence-electron chi connectivity index (χ0n) is 9.15. The Morgan fingerprint density at radius 3 is 2.06 bits per heavy atom. The van der Waals surface area contributed by atoms with Crippen LogP contribution in [0.25, 0.3) is 0 Å². The molecule has 0 amide bonds. The topological polar surface area (TPSA) is 26.0 Å². The fourth-order valence-electron chi connectivity index (χ4n) is 1.49. The SMILES string of the molecule is NC(CCc1ccccc1C(F)(F)F)C(F)(F)F. The molecule has 0 radical (unpaired) electrons. The third-order valence-corrected chi connectivity index (χ3v) is 2.47. The van der Waals surface area contributed by atoms with Crippen molar-refractivity contribution in [3.8, 4) is 0 Å². The summed E-state index contributed by atoms with van der Waals surface area (Å²) < 4.78 is 74.1. The van der Waals surface area contributed by atoms with Gasteiger partial charge in [-0.3, -0.25) is 0 Å². The van der Waals surface area contributed by atoms with Gasteiger partial charge in [0.15, 0.2) is 0 Å². The van der Waals surface area contributed by atoms with Gasteiger partial charge in [0.2, 0.25) is 0 Å². The Balaban J connectivity index is 2.80. The van der Waals surface area contributed by atoms with Gasteiger partial charge in [0.1, 0.15) is 6.04 Å². The highest BCUT2D eigenvalue weighted by atomic mass is 19.4. The molecule has 1 nitrogen and oxygen atoms in total. The summed E-state index contributed by atoms with van der Waals surface area (Å²) in [5.74, 6) is 0. The Hall–Kier alpha value is -1.24. The first-order chi connectivity index (χ1) is 8.12. The van der Waals surface area contributed by atoms with Gasteiger partial charge < -0.3 is 5.73 Å². The number of benzene rings is 1. The molecular formula is C11H11F6N. The summed E-state index contributed by atoms with van der Waals surface area (Å²) in [6.07, 6.45) is -10.1. The number of hydrogen-bond donors (Lipinski definition) is 1. The highest BCUT2D eigenvalue weighted by Gasteiger charge is 2.37. The van der Waals surface area contributed by atoms with Crippen molar-refractivity contribution in [3.63, 3.8) is 0 Å². The van der Waals surface area contributed by atoms with E-state index in [1.807, 2.05) is 0 Å². The molecule has 0 heterocycles. The monoisotopic (exact) mass is 271 g/mol. The summed E-state index contributed by atoms with van der Waals surface area (Å²) >= 11 is 0. The van der Waals surface area contributed by atoms with E-state index in [2.05, 4.69) is 0 Å². The minimum absolute atomic E-state index is 0.176. The van der Waals surface area contributed by atoms with Gasteiger partial charge in [-0.25, -0.2) is 0 Å². The molecule has 102 valence electrons. The van der Waals surface area contributed by atoms with Crippen LogP contribution in [0.15, 0.2) is 24.3 Å². The first kappa shape index (κ1) is 14.8. The minimum atomic E-state index is -4.59. The van der Waals surface area contributed by atoms with Gasteiger partial charge in [-0.05, 0) is 24.5 Å². The van der Waals surface area contributed by atoms with E-state index >= 15 is 0 Å². The lowest BCUT2D eigenvalue weighted by Gasteiger charge is -2.17. The van der Waals surface area contributed by atoms with Gasteiger partial charge in [-0.15, -0.1) is 0 Å². The van der Waals surface area contributed by atoms with Crippen LogP contribution in [-0.2, 0) is 12.6 Å². The fourth-order valence-corrected chi connectivity index (χ4v) is 1.49. The number of halogens is 6. The molecule has 7 heteroatoms. The summed E-state index contributed by atoms with van der Waals surface area (Å²) in [5.41, 5.74) is 3.76. The van der Waals surface area contributed by atoms with E-state index in [0.29, 0.717) is 0 Å². The zero-order valence-corrected chi connectivity index (χ0v) is 9.15. The van der Waals surface area contributed by atoms with E-state index < -0.39 is 30.4 Å². The van der Waals surface area contributed by atoms with Crippen LogP contribution in [0, 0.1) is 0 Å². The maximum absolute atomic E-state index is 12.6. The minimum Gasteiger partial charge on any atom is -0.320 e. The number of aryl methyl sites for hydroxylation is 1. The molecule has 1 unspecified atom stereocenters. The summed E-state index contributed by atoms with van der Waals surface area (Å²) in [6.45, 7) is 0. The average molecular weight is 271 g/mol.